The molecule has 1 aliphatic rings. The van der Waals surface area contributed by atoms with Crippen LogP contribution in [0.2, 0.25) is 0 Å². The summed E-state index contributed by atoms with van der Waals surface area (Å²) in [5.74, 6) is 0.943. The van der Waals surface area contributed by atoms with E-state index in [4.69, 9.17) is 0 Å². The molecular weight excluding hydrogens is 294 g/mol. The third-order valence-corrected chi connectivity index (χ3v) is 4.11. The van der Waals surface area contributed by atoms with Crippen molar-refractivity contribution < 1.29 is 4.79 Å². The molecule has 0 bridgehead atoms. The summed E-state index contributed by atoms with van der Waals surface area (Å²) < 4.78 is 0. The van der Waals surface area contributed by atoms with Crippen molar-refractivity contribution in [2.45, 2.75) is 13.3 Å². The maximum absolute atomic E-state index is 12.4. The Morgan fingerprint density at radius 2 is 2.00 bits per heavy atom. The van der Waals surface area contributed by atoms with Gasteiger partial charge in [-0.15, -0.1) is 0 Å². The second-order valence-electron chi connectivity index (χ2n) is 5.54. The van der Waals surface area contributed by atoms with Crippen molar-refractivity contribution in [3.05, 3.63) is 52.3 Å². The number of hydrogen-bond acceptors (Lipinski definition) is 5. The van der Waals surface area contributed by atoms with Gasteiger partial charge in [-0.25, -0.2) is 9.97 Å². The molecule has 0 aliphatic carbocycles. The summed E-state index contributed by atoms with van der Waals surface area (Å²) in [7, 11) is 0. The summed E-state index contributed by atoms with van der Waals surface area (Å²) in [6.45, 7) is 4.50. The van der Waals surface area contributed by atoms with Crippen molar-refractivity contribution in [2.24, 2.45) is 0 Å². The fraction of sp³-hybridized carbons (Fsp3) is 0.375. The number of nitrogens with zero attached hydrogens (tertiary/aromatic N) is 4. The number of hydrogen-bond donors (Lipinski definition) is 1. The largest absolute Gasteiger partial charge is 0.353 e. The SMILES string of the molecule is Cc1c(CC(=O)N2CCN(c3ccccn3)CC2)nc[nH]c1=O. The molecule has 1 N–H and O–H groups in total. The van der Waals surface area contributed by atoms with E-state index in [-0.39, 0.29) is 17.9 Å². The molecule has 1 amide bonds. The van der Waals surface area contributed by atoms with Crippen molar-refractivity contribution in [3.63, 3.8) is 0 Å². The van der Waals surface area contributed by atoms with E-state index in [9.17, 15) is 9.59 Å². The van der Waals surface area contributed by atoms with Gasteiger partial charge < -0.3 is 14.8 Å². The van der Waals surface area contributed by atoms with Gasteiger partial charge in [-0.2, -0.15) is 0 Å². The first-order valence-electron chi connectivity index (χ1n) is 7.62. The van der Waals surface area contributed by atoms with Gasteiger partial charge in [0.05, 0.1) is 18.4 Å². The van der Waals surface area contributed by atoms with Crippen molar-refractivity contribution in [2.75, 3.05) is 31.1 Å². The van der Waals surface area contributed by atoms with Gasteiger partial charge in [0.25, 0.3) is 5.56 Å². The molecule has 7 nitrogen and oxygen atoms in total. The zero-order chi connectivity index (χ0) is 16.2. The van der Waals surface area contributed by atoms with Gasteiger partial charge in [-0.3, -0.25) is 9.59 Å². The van der Waals surface area contributed by atoms with E-state index in [1.807, 2.05) is 23.1 Å². The molecule has 2 aromatic heterocycles. The molecular formula is C16H19N5O2. The number of pyridine rings is 1. The molecule has 1 saturated heterocycles. The number of nitrogens with one attached hydrogen (secondary N) is 1. The normalized spacial score (nSPS) is 14.8. The highest BCUT2D eigenvalue weighted by Crippen LogP contribution is 2.13. The van der Waals surface area contributed by atoms with Crippen LogP contribution in [-0.4, -0.2) is 51.9 Å². The lowest BCUT2D eigenvalue weighted by Crippen LogP contribution is -2.49. The Kier molecular flexibility index (Phi) is 4.36. The number of carbonyl (C=O) groups is 1. The van der Waals surface area contributed by atoms with Gasteiger partial charge in [-0.05, 0) is 19.1 Å². The minimum atomic E-state index is -0.192. The van der Waals surface area contributed by atoms with E-state index in [0.717, 1.165) is 18.9 Å². The van der Waals surface area contributed by atoms with E-state index in [1.165, 1.54) is 6.33 Å². The smallest absolute Gasteiger partial charge is 0.253 e. The van der Waals surface area contributed by atoms with E-state index in [0.29, 0.717) is 24.3 Å². The second kappa shape index (κ2) is 6.60. The first-order valence-corrected chi connectivity index (χ1v) is 7.62. The summed E-state index contributed by atoms with van der Waals surface area (Å²) in [4.78, 5) is 38.9. The number of amides is 1. The Balaban J connectivity index is 1.60. The zero-order valence-corrected chi connectivity index (χ0v) is 13.0. The summed E-state index contributed by atoms with van der Waals surface area (Å²) in [5, 5.41) is 0. The number of carbonyl (C=O) groups excluding carboxylic acids is 1. The molecule has 0 atom stereocenters. The Morgan fingerprint density at radius 1 is 1.22 bits per heavy atom. The van der Waals surface area contributed by atoms with Gasteiger partial charge in [0.15, 0.2) is 0 Å². The Morgan fingerprint density at radius 3 is 2.70 bits per heavy atom. The lowest BCUT2D eigenvalue weighted by Gasteiger charge is -2.35. The third-order valence-electron chi connectivity index (χ3n) is 4.11. The van der Waals surface area contributed by atoms with E-state index >= 15 is 0 Å². The fourth-order valence-corrected chi connectivity index (χ4v) is 2.66. The molecule has 0 radical (unpaired) electrons. The Bertz CT molecular complexity index is 736. The molecule has 1 fully saturated rings. The summed E-state index contributed by atoms with van der Waals surface area (Å²) >= 11 is 0. The number of piperazine rings is 1. The topological polar surface area (TPSA) is 82.2 Å². The summed E-state index contributed by atoms with van der Waals surface area (Å²) in [6.07, 6.45) is 3.28. The predicted octanol–water partition coefficient (Wildman–Crippen LogP) is 0.365. The molecule has 0 unspecified atom stereocenters. The molecule has 2 aromatic rings. The molecule has 3 rings (SSSR count). The quantitative estimate of drug-likeness (QED) is 0.885. The molecule has 0 saturated carbocycles. The maximum Gasteiger partial charge on any atom is 0.253 e. The van der Waals surface area contributed by atoms with Crippen molar-refractivity contribution in [1.82, 2.24) is 19.9 Å². The Hall–Kier alpha value is -2.70. The van der Waals surface area contributed by atoms with Crippen LogP contribution in [0.15, 0.2) is 35.5 Å². The minimum absolute atomic E-state index is 0.00636. The number of aromatic nitrogens is 3. The first kappa shape index (κ1) is 15.2. The van der Waals surface area contributed by atoms with Crippen LogP contribution in [0.1, 0.15) is 11.3 Å². The van der Waals surface area contributed by atoms with E-state index in [1.54, 1.807) is 13.1 Å². The van der Waals surface area contributed by atoms with E-state index in [2.05, 4.69) is 19.9 Å². The van der Waals surface area contributed by atoms with Crippen LogP contribution in [0.4, 0.5) is 5.82 Å². The number of rotatable bonds is 3. The lowest BCUT2D eigenvalue weighted by molar-refractivity contribution is -0.130. The maximum atomic E-state index is 12.4. The van der Waals surface area contributed by atoms with Crippen molar-refractivity contribution in [1.29, 1.82) is 0 Å². The molecule has 3 heterocycles. The summed E-state index contributed by atoms with van der Waals surface area (Å²) in [6, 6.07) is 5.82. The van der Waals surface area contributed by atoms with Crippen molar-refractivity contribution >= 4 is 11.7 Å². The van der Waals surface area contributed by atoms with Crippen LogP contribution < -0.4 is 10.5 Å². The Labute approximate surface area is 134 Å². The molecule has 23 heavy (non-hydrogen) atoms. The average molecular weight is 313 g/mol. The highest BCUT2D eigenvalue weighted by molar-refractivity contribution is 5.79. The zero-order valence-electron chi connectivity index (χ0n) is 13.0. The van der Waals surface area contributed by atoms with Crippen molar-refractivity contribution in [3.8, 4) is 0 Å². The predicted molar refractivity (Wildman–Crippen MR) is 86.3 cm³/mol. The highest BCUT2D eigenvalue weighted by atomic mass is 16.2. The second-order valence-corrected chi connectivity index (χ2v) is 5.54. The van der Waals surface area contributed by atoms with Gasteiger partial charge >= 0.3 is 0 Å². The van der Waals surface area contributed by atoms with Gasteiger partial charge in [0.2, 0.25) is 5.91 Å². The van der Waals surface area contributed by atoms with Crippen LogP contribution in [0.3, 0.4) is 0 Å². The van der Waals surface area contributed by atoms with Crippen LogP contribution in [0.5, 0.6) is 0 Å². The lowest BCUT2D eigenvalue weighted by atomic mass is 10.1. The summed E-state index contributed by atoms with van der Waals surface area (Å²) in [5.41, 5.74) is 0.863. The van der Waals surface area contributed by atoms with Gasteiger partial charge in [-0.1, -0.05) is 6.07 Å². The highest BCUT2D eigenvalue weighted by Gasteiger charge is 2.22. The molecule has 7 heteroatoms. The number of H-pyrrole nitrogens is 1. The fourth-order valence-electron chi connectivity index (χ4n) is 2.66. The van der Waals surface area contributed by atoms with E-state index < -0.39 is 0 Å². The average Bonchev–Trinajstić information content (AvgIpc) is 2.60. The minimum Gasteiger partial charge on any atom is -0.353 e. The standard InChI is InChI=1S/C16H19N5O2/c1-12-13(18-11-19-16(12)23)10-15(22)21-8-6-20(7-9-21)14-4-2-3-5-17-14/h2-5,11H,6-10H2,1H3,(H,18,19,23). The molecule has 0 spiro atoms. The third kappa shape index (κ3) is 3.39. The van der Waals surface area contributed by atoms with Crippen LogP contribution in [-0.2, 0) is 11.2 Å². The van der Waals surface area contributed by atoms with Crippen LogP contribution in [0.25, 0.3) is 0 Å². The molecule has 120 valence electrons. The molecule has 0 aromatic carbocycles. The number of anilines is 1. The first-order chi connectivity index (χ1) is 11.1. The van der Waals surface area contributed by atoms with Gasteiger partial charge in [0, 0.05) is 37.9 Å². The van der Waals surface area contributed by atoms with Gasteiger partial charge in [0.1, 0.15) is 5.82 Å². The molecule has 1 aliphatic heterocycles. The van der Waals surface area contributed by atoms with Crippen LogP contribution >= 0.6 is 0 Å². The number of aromatic amines is 1. The monoisotopic (exact) mass is 313 g/mol. The van der Waals surface area contributed by atoms with Crippen LogP contribution in [0, 0.1) is 6.92 Å².